The second-order valence-electron chi connectivity index (χ2n) is 4.48. The molecule has 0 saturated carbocycles. The Hall–Kier alpha value is -1.16. The fourth-order valence-electron chi connectivity index (χ4n) is 2.22. The van der Waals surface area contributed by atoms with Gasteiger partial charge in [0.05, 0.1) is 11.4 Å². The van der Waals surface area contributed by atoms with E-state index in [1.54, 1.807) is 0 Å². The van der Waals surface area contributed by atoms with Gasteiger partial charge in [0.25, 0.3) is 0 Å². The summed E-state index contributed by atoms with van der Waals surface area (Å²) in [7, 11) is 0. The van der Waals surface area contributed by atoms with E-state index in [0.29, 0.717) is 11.9 Å². The molecule has 0 aromatic carbocycles. The molecule has 1 atom stereocenters. The van der Waals surface area contributed by atoms with E-state index in [9.17, 15) is 0 Å². The van der Waals surface area contributed by atoms with Crippen molar-refractivity contribution in [3.8, 4) is 0 Å². The van der Waals surface area contributed by atoms with Gasteiger partial charge < -0.3 is 11.5 Å². The fraction of sp³-hybridized carbons (Fsp3) is 0.636. The molecule has 2 rings (SSSR count). The summed E-state index contributed by atoms with van der Waals surface area (Å²) in [6, 6.07) is 0.0896. The van der Waals surface area contributed by atoms with Crippen molar-refractivity contribution in [2.24, 2.45) is 5.73 Å². The molecule has 0 saturated heterocycles. The second-order valence-corrected chi connectivity index (χ2v) is 4.48. The molecule has 1 aromatic heterocycles. The average Bonchev–Trinajstić information content (AvgIpc) is 2.16. The maximum Gasteiger partial charge on any atom is 0.220 e. The molecule has 0 spiro atoms. The number of fused-ring (bicyclic) bond motifs is 1. The minimum absolute atomic E-state index is 0.0896. The minimum atomic E-state index is 0.0896. The molecule has 1 aliphatic rings. The van der Waals surface area contributed by atoms with E-state index in [-0.39, 0.29) is 6.04 Å². The first-order valence-corrected chi connectivity index (χ1v) is 5.51. The third-order valence-electron chi connectivity index (χ3n) is 2.92. The highest BCUT2D eigenvalue weighted by atomic mass is 15.0. The smallest absolute Gasteiger partial charge is 0.220 e. The summed E-state index contributed by atoms with van der Waals surface area (Å²) in [4.78, 5) is 8.62. The maximum absolute atomic E-state index is 6.11. The van der Waals surface area contributed by atoms with E-state index >= 15 is 0 Å². The van der Waals surface area contributed by atoms with E-state index in [0.717, 1.165) is 36.2 Å². The average molecular weight is 206 g/mol. The molecule has 0 fully saturated rings. The summed E-state index contributed by atoms with van der Waals surface area (Å²) in [5.74, 6) is 0.736. The number of rotatable bonds is 1. The number of hydrogen-bond acceptors (Lipinski definition) is 4. The molecule has 0 amide bonds. The van der Waals surface area contributed by atoms with Crippen molar-refractivity contribution < 1.29 is 0 Å². The van der Waals surface area contributed by atoms with Gasteiger partial charge in [0, 0.05) is 11.6 Å². The molecule has 82 valence electrons. The van der Waals surface area contributed by atoms with Crippen LogP contribution in [0.15, 0.2) is 0 Å². The number of aromatic nitrogens is 2. The van der Waals surface area contributed by atoms with Gasteiger partial charge in [0.2, 0.25) is 5.95 Å². The van der Waals surface area contributed by atoms with Gasteiger partial charge >= 0.3 is 0 Å². The third kappa shape index (κ3) is 1.81. The van der Waals surface area contributed by atoms with Crippen molar-refractivity contribution in [1.82, 2.24) is 9.97 Å². The van der Waals surface area contributed by atoms with Crippen molar-refractivity contribution >= 4 is 5.95 Å². The number of anilines is 1. The highest BCUT2D eigenvalue weighted by Gasteiger charge is 2.24. The molecule has 1 heterocycles. The highest BCUT2D eigenvalue weighted by Crippen LogP contribution is 2.32. The molecule has 1 aromatic rings. The summed E-state index contributed by atoms with van der Waals surface area (Å²) >= 11 is 0. The summed E-state index contributed by atoms with van der Waals surface area (Å²) in [6.07, 6.45) is 3.11. The zero-order chi connectivity index (χ0) is 11.0. The molecule has 15 heavy (non-hydrogen) atoms. The number of nitrogen functional groups attached to an aromatic ring is 1. The Morgan fingerprint density at radius 1 is 1.33 bits per heavy atom. The summed E-state index contributed by atoms with van der Waals surface area (Å²) in [5, 5.41) is 0. The number of nitrogens with zero attached hydrogens (tertiary/aromatic N) is 2. The molecule has 4 N–H and O–H groups in total. The standard InChI is InChI=1S/C11H18N4/c1-6(2)10-9-7(12)4-3-5-8(9)14-11(13)15-10/h6-7H,3-5,12H2,1-2H3,(H2,13,14,15). The fourth-order valence-corrected chi connectivity index (χ4v) is 2.22. The van der Waals surface area contributed by atoms with Gasteiger partial charge in [-0.2, -0.15) is 0 Å². The Labute approximate surface area is 90.1 Å². The van der Waals surface area contributed by atoms with E-state index in [1.165, 1.54) is 0 Å². The normalized spacial score (nSPS) is 20.4. The predicted molar refractivity (Wildman–Crippen MR) is 60.4 cm³/mol. The van der Waals surface area contributed by atoms with Crippen molar-refractivity contribution in [3.05, 3.63) is 17.0 Å². The topological polar surface area (TPSA) is 77.8 Å². The first kappa shape index (κ1) is 10.4. The van der Waals surface area contributed by atoms with E-state index < -0.39 is 0 Å². The lowest BCUT2D eigenvalue weighted by Crippen LogP contribution is -2.23. The lowest BCUT2D eigenvalue weighted by atomic mass is 9.88. The van der Waals surface area contributed by atoms with Crippen LogP contribution in [0.2, 0.25) is 0 Å². The van der Waals surface area contributed by atoms with Crippen LogP contribution in [-0.2, 0) is 6.42 Å². The van der Waals surface area contributed by atoms with Gasteiger partial charge in [-0.15, -0.1) is 0 Å². The van der Waals surface area contributed by atoms with Gasteiger partial charge in [0.15, 0.2) is 0 Å². The monoisotopic (exact) mass is 206 g/mol. The summed E-state index contributed by atoms with van der Waals surface area (Å²) in [5.41, 5.74) is 15.1. The Kier molecular flexibility index (Phi) is 2.61. The Bertz CT molecular complexity index is 373. The molecule has 4 heteroatoms. The quantitative estimate of drug-likeness (QED) is 0.730. The van der Waals surface area contributed by atoms with Crippen LogP contribution >= 0.6 is 0 Å². The van der Waals surface area contributed by atoms with Crippen LogP contribution < -0.4 is 11.5 Å². The van der Waals surface area contributed by atoms with Crippen molar-refractivity contribution in [1.29, 1.82) is 0 Å². The van der Waals surface area contributed by atoms with Crippen LogP contribution in [0.5, 0.6) is 0 Å². The molecule has 0 aliphatic heterocycles. The number of aryl methyl sites for hydroxylation is 1. The lowest BCUT2D eigenvalue weighted by Gasteiger charge is -2.25. The molecular formula is C11H18N4. The Balaban J connectivity index is 2.58. The van der Waals surface area contributed by atoms with Gasteiger partial charge in [-0.1, -0.05) is 13.8 Å². The highest BCUT2D eigenvalue weighted by molar-refractivity contribution is 5.37. The molecule has 0 radical (unpaired) electrons. The molecular weight excluding hydrogens is 188 g/mol. The van der Waals surface area contributed by atoms with Crippen molar-refractivity contribution in [2.45, 2.75) is 45.1 Å². The van der Waals surface area contributed by atoms with Crippen LogP contribution in [-0.4, -0.2) is 9.97 Å². The summed E-state index contributed by atoms with van der Waals surface area (Å²) < 4.78 is 0. The van der Waals surface area contributed by atoms with Crippen LogP contribution in [0.25, 0.3) is 0 Å². The van der Waals surface area contributed by atoms with E-state index in [1.807, 2.05) is 0 Å². The van der Waals surface area contributed by atoms with Crippen LogP contribution in [0, 0.1) is 0 Å². The molecule has 4 nitrogen and oxygen atoms in total. The summed E-state index contributed by atoms with van der Waals surface area (Å²) in [6.45, 7) is 4.23. The molecule has 1 unspecified atom stereocenters. The SMILES string of the molecule is CC(C)c1nc(N)nc2c1C(N)CCC2. The van der Waals surface area contributed by atoms with Crippen LogP contribution in [0.4, 0.5) is 5.95 Å². The largest absolute Gasteiger partial charge is 0.368 e. The predicted octanol–water partition coefficient (Wildman–Crippen LogP) is 1.52. The first-order chi connectivity index (χ1) is 7.09. The maximum atomic E-state index is 6.11. The van der Waals surface area contributed by atoms with Crippen LogP contribution in [0.3, 0.4) is 0 Å². The van der Waals surface area contributed by atoms with E-state index in [4.69, 9.17) is 11.5 Å². The van der Waals surface area contributed by atoms with Crippen LogP contribution in [0.1, 0.15) is 55.6 Å². The van der Waals surface area contributed by atoms with Gasteiger partial charge in [-0.25, -0.2) is 9.97 Å². The third-order valence-corrected chi connectivity index (χ3v) is 2.92. The number of nitrogens with two attached hydrogens (primary N) is 2. The zero-order valence-corrected chi connectivity index (χ0v) is 9.33. The lowest BCUT2D eigenvalue weighted by molar-refractivity contribution is 0.544. The molecule has 0 bridgehead atoms. The van der Waals surface area contributed by atoms with E-state index in [2.05, 4.69) is 23.8 Å². The van der Waals surface area contributed by atoms with Gasteiger partial charge in [-0.3, -0.25) is 0 Å². The zero-order valence-electron chi connectivity index (χ0n) is 9.33. The Morgan fingerprint density at radius 2 is 2.07 bits per heavy atom. The first-order valence-electron chi connectivity index (χ1n) is 5.51. The van der Waals surface area contributed by atoms with Gasteiger partial charge in [0.1, 0.15) is 0 Å². The second kappa shape index (κ2) is 3.77. The minimum Gasteiger partial charge on any atom is -0.368 e. The van der Waals surface area contributed by atoms with Gasteiger partial charge in [-0.05, 0) is 25.2 Å². The van der Waals surface area contributed by atoms with Crippen molar-refractivity contribution in [3.63, 3.8) is 0 Å². The van der Waals surface area contributed by atoms with Crippen molar-refractivity contribution in [2.75, 3.05) is 5.73 Å². The molecule has 1 aliphatic carbocycles. The number of hydrogen-bond donors (Lipinski definition) is 2. The Morgan fingerprint density at radius 3 is 2.73 bits per heavy atom.